The minimum absolute atomic E-state index is 0.0512. The van der Waals surface area contributed by atoms with Crippen molar-refractivity contribution in [3.8, 4) is 11.6 Å². The normalized spacial score (nSPS) is 19.3. The highest BCUT2D eigenvalue weighted by Gasteiger charge is 2.33. The molecule has 3 rings (SSSR count). The summed E-state index contributed by atoms with van der Waals surface area (Å²) in [4.78, 5) is 4.28. The van der Waals surface area contributed by atoms with Crippen LogP contribution in [0.2, 0.25) is 0 Å². The third kappa shape index (κ3) is 3.10. The molecule has 1 N–H and O–H groups in total. The summed E-state index contributed by atoms with van der Waals surface area (Å²) >= 11 is 0. The van der Waals surface area contributed by atoms with Crippen molar-refractivity contribution >= 4 is 0 Å². The number of halogens is 3. The second kappa shape index (κ2) is 5.18. The van der Waals surface area contributed by atoms with Gasteiger partial charge in [0.25, 0.3) is 0 Å². The van der Waals surface area contributed by atoms with Crippen LogP contribution in [0.5, 0.6) is 0 Å². The molecule has 1 aliphatic rings. The van der Waals surface area contributed by atoms with Crippen LogP contribution in [0.1, 0.15) is 23.9 Å². The summed E-state index contributed by atoms with van der Waals surface area (Å²) in [6.45, 7) is 2.02. The maximum Gasteiger partial charge on any atom is 0.408 e. The number of alkyl halides is 3. The third-order valence-electron chi connectivity index (χ3n) is 3.42. The van der Waals surface area contributed by atoms with Crippen molar-refractivity contribution < 1.29 is 17.6 Å². The van der Waals surface area contributed by atoms with Gasteiger partial charge in [-0.3, -0.25) is 0 Å². The molecule has 1 fully saturated rings. The van der Waals surface area contributed by atoms with E-state index in [-0.39, 0.29) is 11.7 Å². The van der Waals surface area contributed by atoms with E-state index >= 15 is 0 Å². The Morgan fingerprint density at radius 1 is 1.43 bits per heavy atom. The smallest absolute Gasteiger partial charge is 0.408 e. The van der Waals surface area contributed by atoms with Crippen molar-refractivity contribution in [1.82, 2.24) is 20.1 Å². The molecule has 2 aromatic rings. The molecular formula is C13H15F3N4O. The Bertz CT molecular complexity index is 626. The zero-order valence-electron chi connectivity index (χ0n) is 11.4. The molecule has 1 aliphatic heterocycles. The Labute approximate surface area is 119 Å². The van der Waals surface area contributed by atoms with Gasteiger partial charge in [-0.15, -0.1) is 5.10 Å². The third-order valence-corrected chi connectivity index (χ3v) is 3.42. The highest BCUT2D eigenvalue weighted by Crippen LogP contribution is 2.27. The van der Waals surface area contributed by atoms with Gasteiger partial charge in [0.15, 0.2) is 5.76 Å². The number of furan rings is 1. The van der Waals surface area contributed by atoms with Crippen LogP contribution < -0.4 is 5.32 Å². The average molecular weight is 300 g/mol. The first-order chi connectivity index (χ1) is 9.92. The van der Waals surface area contributed by atoms with Crippen LogP contribution in [0, 0.1) is 6.92 Å². The van der Waals surface area contributed by atoms with Crippen molar-refractivity contribution in [2.24, 2.45) is 0 Å². The number of nitrogens with one attached hydrogen (secondary N) is 1. The molecule has 1 atom stereocenters. The number of nitrogens with zero attached hydrogens (tertiary/aromatic N) is 3. The van der Waals surface area contributed by atoms with Gasteiger partial charge >= 0.3 is 6.18 Å². The molecule has 0 saturated carbocycles. The summed E-state index contributed by atoms with van der Waals surface area (Å²) in [6, 6.07) is 3.40. The molecule has 2 aromatic heterocycles. The lowest BCUT2D eigenvalue weighted by molar-refractivity contribution is -0.143. The molecule has 0 radical (unpaired) electrons. The number of hydrogen-bond acceptors (Lipinski definition) is 4. The van der Waals surface area contributed by atoms with Crippen molar-refractivity contribution in [1.29, 1.82) is 0 Å². The Hall–Kier alpha value is -1.83. The average Bonchev–Trinajstić information content (AvgIpc) is 3.05. The zero-order chi connectivity index (χ0) is 15.0. The Morgan fingerprint density at radius 2 is 2.24 bits per heavy atom. The Kier molecular flexibility index (Phi) is 3.48. The van der Waals surface area contributed by atoms with Crippen molar-refractivity contribution in [2.45, 2.75) is 32.0 Å². The van der Waals surface area contributed by atoms with E-state index in [2.05, 4.69) is 15.4 Å². The van der Waals surface area contributed by atoms with Crippen LogP contribution in [0.25, 0.3) is 11.6 Å². The lowest BCUT2D eigenvalue weighted by Gasteiger charge is -2.12. The van der Waals surface area contributed by atoms with E-state index in [0.29, 0.717) is 23.9 Å². The molecule has 114 valence electrons. The molecule has 5 nitrogen and oxygen atoms in total. The van der Waals surface area contributed by atoms with Gasteiger partial charge in [0.1, 0.15) is 18.1 Å². The molecule has 0 amide bonds. The summed E-state index contributed by atoms with van der Waals surface area (Å²) in [5.74, 6) is 1.57. The van der Waals surface area contributed by atoms with Crippen LogP contribution in [-0.4, -0.2) is 34.0 Å². The Balaban J connectivity index is 1.97. The highest BCUT2D eigenvalue weighted by atomic mass is 19.4. The van der Waals surface area contributed by atoms with Crippen LogP contribution in [-0.2, 0) is 6.54 Å². The van der Waals surface area contributed by atoms with Crippen LogP contribution in [0.3, 0.4) is 0 Å². The quantitative estimate of drug-likeness (QED) is 0.946. The van der Waals surface area contributed by atoms with Crippen LogP contribution >= 0.6 is 0 Å². The maximum atomic E-state index is 12.7. The second-order valence-electron chi connectivity index (χ2n) is 5.17. The molecule has 8 heteroatoms. The van der Waals surface area contributed by atoms with E-state index in [4.69, 9.17) is 4.42 Å². The van der Waals surface area contributed by atoms with Gasteiger partial charge in [-0.25, -0.2) is 9.67 Å². The molecule has 3 heterocycles. The van der Waals surface area contributed by atoms with Crippen molar-refractivity contribution in [2.75, 3.05) is 13.1 Å². The Morgan fingerprint density at radius 3 is 2.81 bits per heavy atom. The predicted molar refractivity (Wildman–Crippen MR) is 68.7 cm³/mol. The lowest BCUT2D eigenvalue weighted by atomic mass is 10.1. The molecular weight excluding hydrogens is 285 g/mol. The first kappa shape index (κ1) is 14.1. The summed E-state index contributed by atoms with van der Waals surface area (Å²) in [5, 5.41) is 7.12. The van der Waals surface area contributed by atoms with E-state index in [1.165, 1.54) is 0 Å². The van der Waals surface area contributed by atoms with Crippen LogP contribution in [0.4, 0.5) is 13.2 Å². The molecule has 0 spiro atoms. The fraction of sp³-hybridized carbons (Fsp3) is 0.538. The first-order valence-electron chi connectivity index (χ1n) is 6.71. The molecule has 1 saturated heterocycles. The molecule has 0 bridgehead atoms. The van der Waals surface area contributed by atoms with Gasteiger partial charge in [-0.2, -0.15) is 13.2 Å². The maximum absolute atomic E-state index is 12.7. The zero-order valence-corrected chi connectivity index (χ0v) is 11.4. The van der Waals surface area contributed by atoms with E-state index in [9.17, 15) is 13.2 Å². The number of rotatable bonds is 3. The van der Waals surface area contributed by atoms with Crippen molar-refractivity contribution in [3.63, 3.8) is 0 Å². The van der Waals surface area contributed by atoms with E-state index < -0.39 is 12.7 Å². The number of aryl methyl sites for hydroxylation is 1. The minimum atomic E-state index is -4.33. The number of hydrogen-bond donors (Lipinski definition) is 1. The minimum Gasteiger partial charge on any atom is -0.458 e. The molecule has 0 aromatic carbocycles. The summed E-state index contributed by atoms with van der Waals surface area (Å²) < 4.78 is 44.4. The van der Waals surface area contributed by atoms with Gasteiger partial charge in [0.2, 0.25) is 5.82 Å². The summed E-state index contributed by atoms with van der Waals surface area (Å²) in [5.41, 5.74) is 0. The topological polar surface area (TPSA) is 55.9 Å². The van der Waals surface area contributed by atoms with Gasteiger partial charge in [0.05, 0.1) is 0 Å². The SMILES string of the molecule is Cc1ccc(-c2nc([C@@H]3CCNC3)n(CC(F)(F)F)n2)o1. The number of aromatic nitrogens is 3. The standard InChI is InChI=1S/C13H15F3N4O/c1-8-2-3-10(21-8)11-18-12(9-4-5-17-6-9)20(19-11)7-13(14,15)16/h2-3,9,17H,4-7H2,1H3/t9-/m1/s1. The summed E-state index contributed by atoms with van der Waals surface area (Å²) in [6.07, 6.45) is -3.57. The predicted octanol–water partition coefficient (Wildman–Crippen LogP) is 2.49. The largest absolute Gasteiger partial charge is 0.458 e. The molecule has 21 heavy (non-hydrogen) atoms. The van der Waals surface area contributed by atoms with Crippen LogP contribution in [0.15, 0.2) is 16.5 Å². The fourth-order valence-electron chi connectivity index (χ4n) is 2.48. The van der Waals surface area contributed by atoms with Gasteiger partial charge in [-0.05, 0) is 32.0 Å². The molecule has 0 aliphatic carbocycles. The monoisotopic (exact) mass is 300 g/mol. The first-order valence-corrected chi connectivity index (χ1v) is 6.71. The van der Waals surface area contributed by atoms with E-state index in [1.54, 1.807) is 19.1 Å². The van der Waals surface area contributed by atoms with Crippen molar-refractivity contribution in [3.05, 3.63) is 23.7 Å². The van der Waals surface area contributed by atoms with Gasteiger partial charge in [-0.1, -0.05) is 0 Å². The van der Waals surface area contributed by atoms with Gasteiger partial charge < -0.3 is 9.73 Å². The molecule has 0 unspecified atom stereocenters. The van der Waals surface area contributed by atoms with E-state index in [0.717, 1.165) is 17.6 Å². The van der Waals surface area contributed by atoms with Gasteiger partial charge in [0, 0.05) is 12.5 Å². The highest BCUT2D eigenvalue weighted by molar-refractivity contribution is 5.46. The second-order valence-corrected chi connectivity index (χ2v) is 5.17. The van der Waals surface area contributed by atoms with E-state index in [1.807, 2.05) is 0 Å². The lowest BCUT2D eigenvalue weighted by Crippen LogP contribution is -2.22. The fourth-order valence-corrected chi connectivity index (χ4v) is 2.48. The summed E-state index contributed by atoms with van der Waals surface area (Å²) in [7, 11) is 0.